The predicted octanol–water partition coefficient (Wildman–Crippen LogP) is 2.72. The number of unbranched alkanes of at least 4 members (excludes halogenated alkanes) is 1. The van der Waals surface area contributed by atoms with Gasteiger partial charge in [0, 0.05) is 5.92 Å². The van der Waals surface area contributed by atoms with E-state index in [9.17, 15) is 0 Å². The third kappa shape index (κ3) is 3.24. The number of allylic oxidation sites excluding steroid dienone is 1. The summed E-state index contributed by atoms with van der Waals surface area (Å²) in [5.41, 5.74) is 1.04. The highest BCUT2D eigenvalue weighted by molar-refractivity contribution is 5.05. The fourth-order valence-electron chi connectivity index (χ4n) is 1.51. The molecular weight excluding hydrogens is 174 g/mol. The molecule has 1 unspecified atom stereocenters. The van der Waals surface area contributed by atoms with Gasteiger partial charge in [0.25, 0.3) is 0 Å². The van der Waals surface area contributed by atoms with E-state index in [4.69, 9.17) is 0 Å². The average molecular weight is 191 g/mol. The van der Waals surface area contributed by atoms with Crippen molar-refractivity contribution in [2.75, 3.05) is 0 Å². The number of hydrogen-bond donors (Lipinski definition) is 0. The molecule has 0 aromatic carbocycles. The van der Waals surface area contributed by atoms with Crippen molar-refractivity contribution in [2.45, 2.75) is 38.5 Å². The minimum absolute atomic E-state index is 0.461. The Bertz CT molecular complexity index is 258. The maximum atomic E-state index is 4.04. The molecule has 3 heteroatoms. The van der Waals surface area contributed by atoms with Crippen molar-refractivity contribution in [3.8, 4) is 0 Å². The summed E-state index contributed by atoms with van der Waals surface area (Å²) in [6.45, 7) is 5.97. The highest BCUT2D eigenvalue weighted by atomic mass is 15.3. The van der Waals surface area contributed by atoms with Gasteiger partial charge in [0.15, 0.2) is 0 Å². The Kier molecular flexibility index (Phi) is 4.83. The molecule has 0 saturated heterocycles. The quantitative estimate of drug-likeness (QED) is 0.649. The van der Waals surface area contributed by atoms with Gasteiger partial charge in [0.2, 0.25) is 0 Å². The van der Waals surface area contributed by atoms with E-state index in [1.54, 1.807) is 6.20 Å². The van der Waals surface area contributed by atoms with Crippen LogP contribution in [-0.2, 0) is 0 Å². The second-order valence-corrected chi connectivity index (χ2v) is 3.41. The van der Waals surface area contributed by atoms with E-state index in [1.807, 2.05) is 12.1 Å². The first-order valence-corrected chi connectivity index (χ1v) is 5.13. The molecule has 1 aromatic rings. The molecule has 1 atom stereocenters. The third-order valence-corrected chi connectivity index (χ3v) is 2.30. The van der Waals surface area contributed by atoms with Gasteiger partial charge in [0.1, 0.15) is 0 Å². The van der Waals surface area contributed by atoms with Crippen molar-refractivity contribution in [1.82, 2.24) is 15.4 Å². The molecule has 76 valence electrons. The minimum Gasteiger partial charge on any atom is -0.139 e. The van der Waals surface area contributed by atoms with Gasteiger partial charge in [-0.3, -0.25) is 0 Å². The largest absolute Gasteiger partial charge is 0.139 e. The van der Waals surface area contributed by atoms with Gasteiger partial charge in [-0.25, -0.2) is 0 Å². The minimum atomic E-state index is 0.461. The van der Waals surface area contributed by atoms with Gasteiger partial charge in [-0.15, -0.1) is 16.8 Å². The topological polar surface area (TPSA) is 38.7 Å². The maximum absolute atomic E-state index is 4.04. The SMILES string of the molecule is C=CCC(CCCC)c1ccnnn1. The summed E-state index contributed by atoms with van der Waals surface area (Å²) in [6, 6.07) is 1.94. The van der Waals surface area contributed by atoms with Crippen LogP contribution in [0.5, 0.6) is 0 Å². The summed E-state index contributed by atoms with van der Waals surface area (Å²) >= 11 is 0. The molecule has 3 nitrogen and oxygen atoms in total. The molecule has 14 heavy (non-hydrogen) atoms. The van der Waals surface area contributed by atoms with Crippen molar-refractivity contribution < 1.29 is 0 Å². The van der Waals surface area contributed by atoms with E-state index in [0.717, 1.165) is 18.5 Å². The van der Waals surface area contributed by atoms with Gasteiger partial charge in [0.05, 0.1) is 11.9 Å². The Morgan fingerprint density at radius 1 is 1.57 bits per heavy atom. The van der Waals surface area contributed by atoms with Crippen LogP contribution >= 0.6 is 0 Å². The van der Waals surface area contributed by atoms with Crippen molar-refractivity contribution in [3.63, 3.8) is 0 Å². The predicted molar refractivity (Wildman–Crippen MR) is 56.9 cm³/mol. The van der Waals surface area contributed by atoms with E-state index in [2.05, 4.69) is 28.9 Å². The normalized spacial score (nSPS) is 12.4. The van der Waals surface area contributed by atoms with Crippen LogP contribution in [0.25, 0.3) is 0 Å². The number of aromatic nitrogens is 3. The summed E-state index contributed by atoms with van der Waals surface area (Å²) < 4.78 is 0. The number of nitrogens with zero attached hydrogens (tertiary/aromatic N) is 3. The van der Waals surface area contributed by atoms with Crippen LogP contribution in [0.15, 0.2) is 24.9 Å². The molecule has 0 aliphatic heterocycles. The van der Waals surface area contributed by atoms with E-state index in [-0.39, 0.29) is 0 Å². The lowest BCUT2D eigenvalue weighted by Crippen LogP contribution is -2.02. The molecule has 1 heterocycles. The Balaban J connectivity index is 2.62. The van der Waals surface area contributed by atoms with E-state index in [1.165, 1.54) is 12.8 Å². The third-order valence-electron chi connectivity index (χ3n) is 2.30. The van der Waals surface area contributed by atoms with Crippen molar-refractivity contribution in [2.24, 2.45) is 0 Å². The lowest BCUT2D eigenvalue weighted by Gasteiger charge is -2.12. The summed E-state index contributed by atoms with van der Waals surface area (Å²) in [6.07, 6.45) is 8.21. The van der Waals surface area contributed by atoms with Crippen LogP contribution in [0, 0.1) is 0 Å². The number of hydrogen-bond acceptors (Lipinski definition) is 3. The zero-order valence-electron chi connectivity index (χ0n) is 8.69. The first kappa shape index (κ1) is 10.8. The van der Waals surface area contributed by atoms with Crippen molar-refractivity contribution in [3.05, 3.63) is 30.6 Å². The fraction of sp³-hybridized carbons (Fsp3) is 0.545. The van der Waals surface area contributed by atoms with Crippen LogP contribution in [0.1, 0.15) is 44.2 Å². The Labute approximate surface area is 85.3 Å². The Hall–Kier alpha value is -1.25. The fourth-order valence-corrected chi connectivity index (χ4v) is 1.51. The van der Waals surface area contributed by atoms with Crippen molar-refractivity contribution >= 4 is 0 Å². The Morgan fingerprint density at radius 2 is 2.43 bits per heavy atom. The second-order valence-electron chi connectivity index (χ2n) is 3.41. The highest BCUT2D eigenvalue weighted by Gasteiger charge is 2.10. The standard InChI is InChI=1S/C11H17N3/c1-3-5-7-10(6-4-2)11-8-9-12-14-13-11/h4,8-10H,2-3,5-7H2,1H3. The molecule has 0 bridgehead atoms. The van der Waals surface area contributed by atoms with Gasteiger partial charge >= 0.3 is 0 Å². The van der Waals surface area contributed by atoms with Gasteiger partial charge < -0.3 is 0 Å². The lowest BCUT2D eigenvalue weighted by atomic mass is 9.95. The van der Waals surface area contributed by atoms with Gasteiger partial charge in [-0.1, -0.05) is 25.8 Å². The van der Waals surface area contributed by atoms with Crippen LogP contribution in [0.4, 0.5) is 0 Å². The smallest absolute Gasteiger partial charge is 0.0698 e. The molecule has 0 aliphatic carbocycles. The maximum Gasteiger partial charge on any atom is 0.0698 e. The van der Waals surface area contributed by atoms with Gasteiger partial charge in [-0.05, 0) is 24.1 Å². The van der Waals surface area contributed by atoms with Crippen LogP contribution in [0.3, 0.4) is 0 Å². The monoisotopic (exact) mass is 191 g/mol. The molecule has 0 amide bonds. The molecule has 1 rings (SSSR count). The molecular formula is C11H17N3. The first-order chi connectivity index (χ1) is 6.88. The highest BCUT2D eigenvalue weighted by Crippen LogP contribution is 2.23. The molecule has 0 aliphatic rings. The molecule has 0 N–H and O–H groups in total. The lowest BCUT2D eigenvalue weighted by molar-refractivity contribution is 0.565. The van der Waals surface area contributed by atoms with Crippen LogP contribution < -0.4 is 0 Å². The van der Waals surface area contributed by atoms with Crippen LogP contribution in [0.2, 0.25) is 0 Å². The second kappa shape index (κ2) is 6.24. The zero-order valence-corrected chi connectivity index (χ0v) is 8.69. The summed E-state index contributed by atoms with van der Waals surface area (Å²) in [7, 11) is 0. The molecule has 0 radical (unpaired) electrons. The Morgan fingerprint density at radius 3 is 3.00 bits per heavy atom. The van der Waals surface area contributed by atoms with Gasteiger partial charge in [-0.2, -0.15) is 0 Å². The van der Waals surface area contributed by atoms with E-state index >= 15 is 0 Å². The summed E-state index contributed by atoms with van der Waals surface area (Å²) in [4.78, 5) is 0. The van der Waals surface area contributed by atoms with Crippen molar-refractivity contribution in [1.29, 1.82) is 0 Å². The average Bonchev–Trinajstić information content (AvgIpc) is 2.25. The number of rotatable bonds is 6. The molecule has 0 spiro atoms. The zero-order chi connectivity index (χ0) is 10.2. The van der Waals surface area contributed by atoms with Crippen LogP contribution in [-0.4, -0.2) is 15.4 Å². The van der Waals surface area contributed by atoms with E-state index < -0.39 is 0 Å². The summed E-state index contributed by atoms with van der Waals surface area (Å²) in [5, 5.41) is 11.4. The first-order valence-electron chi connectivity index (χ1n) is 5.13. The van der Waals surface area contributed by atoms with E-state index in [0.29, 0.717) is 5.92 Å². The molecule has 1 aromatic heterocycles. The molecule has 0 saturated carbocycles. The summed E-state index contributed by atoms with van der Waals surface area (Å²) in [5.74, 6) is 0.461. The molecule has 0 fully saturated rings.